The van der Waals surface area contributed by atoms with Crippen LogP contribution in [0.1, 0.15) is 32.1 Å². The van der Waals surface area contributed by atoms with Crippen LogP contribution in [0.3, 0.4) is 0 Å². The van der Waals surface area contributed by atoms with E-state index >= 15 is 0 Å². The molecule has 1 N–H and O–H groups in total. The lowest BCUT2D eigenvalue weighted by molar-refractivity contribution is -0.129. The van der Waals surface area contributed by atoms with Crippen molar-refractivity contribution in [2.75, 3.05) is 45.7 Å². The van der Waals surface area contributed by atoms with Crippen LogP contribution in [0.4, 0.5) is 0 Å². The maximum atomic E-state index is 12.1. The largest absolute Gasteiger partial charge is 0.344 e. The van der Waals surface area contributed by atoms with Gasteiger partial charge < -0.3 is 15.1 Å². The number of carbonyl (C=O) groups excluding carboxylic acids is 2. The van der Waals surface area contributed by atoms with Crippen molar-refractivity contribution < 1.29 is 9.59 Å². The van der Waals surface area contributed by atoms with Crippen LogP contribution in [-0.4, -0.2) is 73.4 Å². The van der Waals surface area contributed by atoms with Crippen molar-refractivity contribution in [3.8, 4) is 0 Å². The molecule has 0 aromatic carbocycles. The summed E-state index contributed by atoms with van der Waals surface area (Å²) in [7, 11) is 5.57. The molecule has 0 unspecified atom stereocenters. The zero-order valence-electron chi connectivity index (χ0n) is 13.6. The van der Waals surface area contributed by atoms with Gasteiger partial charge in [0.25, 0.3) is 0 Å². The third-order valence-electron chi connectivity index (χ3n) is 4.09. The van der Waals surface area contributed by atoms with Gasteiger partial charge in [-0.2, -0.15) is 0 Å². The van der Waals surface area contributed by atoms with E-state index in [4.69, 9.17) is 0 Å². The Bertz CT molecular complexity index is 333. The van der Waals surface area contributed by atoms with Crippen molar-refractivity contribution in [1.29, 1.82) is 0 Å². The number of rotatable bonds is 8. The normalized spacial score (nSPS) is 15.8. The molecule has 1 saturated carbocycles. The highest BCUT2D eigenvalue weighted by molar-refractivity contribution is 8.00. The SMILES string of the molecule is CNCCN(C)C(=O)CSCC(=O)N(C)C1CCCCC1. The fraction of sp³-hybridized carbons (Fsp3) is 0.867. The molecule has 0 bridgehead atoms. The number of carbonyl (C=O) groups is 2. The van der Waals surface area contributed by atoms with Gasteiger partial charge in [-0.05, 0) is 19.9 Å². The number of nitrogens with one attached hydrogen (secondary N) is 1. The first-order valence-electron chi connectivity index (χ1n) is 7.78. The molecule has 6 heteroatoms. The van der Waals surface area contributed by atoms with Gasteiger partial charge in [0.05, 0.1) is 11.5 Å². The highest BCUT2D eigenvalue weighted by Gasteiger charge is 2.22. The molecule has 0 aromatic rings. The molecule has 0 aromatic heterocycles. The van der Waals surface area contributed by atoms with E-state index in [-0.39, 0.29) is 11.8 Å². The highest BCUT2D eigenvalue weighted by atomic mass is 32.2. The second-order valence-electron chi connectivity index (χ2n) is 5.71. The standard InChI is InChI=1S/C15H29N3O2S/c1-16-9-10-17(2)14(19)11-21-12-15(20)18(3)13-7-5-4-6-8-13/h13,16H,4-12H2,1-3H3. The molecular weight excluding hydrogens is 286 g/mol. The fourth-order valence-corrected chi connectivity index (χ4v) is 3.39. The summed E-state index contributed by atoms with van der Waals surface area (Å²) in [6.45, 7) is 1.49. The minimum Gasteiger partial charge on any atom is -0.344 e. The smallest absolute Gasteiger partial charge is 0.232 e. The van der Waals surface area contributed by atoms with E-state index in [1.54, 1.807) is 11.9 Å². The summed E-state index contributed by atoms with van der Waals surface area (Å²) in [6.07, 6.45) is 5.99. The lowest BCUT2D eigenvalue weighted by atomic mass is 9.94. The van der Waals surface area contributed by atoms with E-state index in [0.717, 1.165) is 19.4 Å². The summed E-state index contributed by atoms with van der Waals surface area (Å²) >= 11 is 1.42. The molecule has 122 valence electrons. The number of thioether (sulfide) groups is 1. The summed E-state index contributed by atoms with van der Waals surface area (Å²) in [4.78, 5) is 27.6. The van der Waals surface area contributed by atoms with Crippen LogP contribution in [-0.2, 0) is 9.59 Å². The number of hydrogen-bond acceptors (Lipinski definition) is 4. The molecule has 0 aliphatic heterocycles. The molecule has 0 spiro atoms. The number of hydrogen-bond donors (Lipinski definition) is 1. The molecule has 1 aliphatic rings. The Morgan fingerprint density at radius 2 is 1.71 bits per heavy atom. The molecule has 0 heterocycles. The van der Waals surface area contributed by atoms with Crippen molar-refractivity contribution >= 4 is 23.6 Å². The molecule has 21 heavy (non-hydrogen) atoms. The summed E-state index contributed by atoms with van der Waals surface area (Å²) in [5, 5.41) is 3.02. The summed E-state index contributed by atoms with van der Waals surface area (Å²) in [5.74, 6) is 1.02. The Hall–Kier alpha value is -0.750. The summed E-state index contributed by atoms with van der Waals surface area (Å²) < 4.78 is 0. The predicted molar refractivity (Wildman–Crippen MR) is 88.5 cm³/mol. The number of likely N-dealkylation sites (N-methyl/N-ethyl adjacent to an activating group) is 2. The van der Waals surface area contributed by atoms with Gasteiger partial charge >= 0.3 is 0 Å². The second kappa shape index (κ2) is 10.1. The zero-order valence-corrected chi connectivity index (χ0v) is 14.4. The predicted octanol–water partition coefficient (Wildman–Crippen LogP) is 1.19. The topological polar surface area (TPSA) is 52.7 Å². The van der Waals surface area contributed by atoms with Crippen LogP contribution in [0.2, 0.25) is 0 Å². The van der Waals surface area contributed by atoms with E-state index in [1.165, 1.54) is 31.0 Å². The molecule has 0 radical (unpaired) electrons. The van der Waals surface area contributed by atoms with E-state index in [0.29, 0.717) is 24.1 Å². The van der Waals surface area contributed by atoms with Gasteiger partial charge in [-0.3, -0.25) is 9.59 Å². The average Bonchev–Trinajstić information content (AvgIpc) is 2.52. The molecule has 0 atom stereocenters. The van der Waals surface area contributed by atoms with E-state index in [2.05, 4.69) is 5.32 Å². The van der Waals surface area contributed by atoms with Crippen LogP contribution < -0.4 is 5.32 Å². The van der Waals surface area contributed by atoms with Gasteiger partial charge in [-0.1, -0.05) is 19.3 Å². The van der Waals surface area contributed by atoms with Crippen LogP contribution in [0, 0.1) is 0 Å². The van der Waals surface area contributed by atoms with Gasteiger partial charge in [0, 0.05) is 33.2 Å². The van der Waals surface area contributed by atoms with Crippen molar-refractivity contribution in [2.45, 2.75) is 38.1 Å². The Morgan fingerprint density at radius 3 is 2.33 bits per heavy atom. The van der Waals surface area contributed by atoms with E-state index in [9.17, 15) is 9.59 Å². The van der Waals surface area contributed by atoms with Gasteiger partial charge in [-0.15, -0.1) is 11.8 Å². The molecule has 1 fully saturated rings. The molecule has 1 aliphatic carbocycles. The summed E-state index contributed by atoms with van der Waals surface area (Å²) in [6, 6.07) is 0.404. The monoisotopic (exact) mass is 315 g/mol. The highest BCUT2D eigenvalue weighted by Crippen LogP contribution is 2.22. The van der Waals surface area contributed by atoms with Crippen LogP contribution >= 0.6 is 11.8 Å². The minimum absolute atomic E-state index is 0.0865. The summed E-state index contributed by atoms with van der Waals surface area (Å²) in [5.41, 5.74) is 0. The first kappa shape index (κ1) is 18.3. The van der Waals surface area contributed by atoms with Crippen LogP contribution in [0.5, 0.6) is 0 Å². The Morgan fingerprint density at radius 1 is 1.10 bits per heavy atom. The van der Waals surface area contributed by atoms with Crippen LogP contribution in [0.25, 0.3) is 0 Å². The lowest BCUT2D eigenvalue weighted by Gasteiger charge is -2.31. The van der Waals surface area contributed by atoms with Gasteiger partial charge in [0.15, 0.2) is 0 Å². The van der Waals surface area contributed by atoms with Crippen molar-refractivity contribution in [3.05, 3.63) is 0 Å². The number of nitrogens with zero attached hydrogens (tertiary/aromatic N) is 2. The molecular formula is C15H29N3O2S. The Balaban J connectivity index is 2.21. The first-order valence-corrected chi connectivity index (χ1v) is 8.93. The van der Waals surface area contributed by atoms with Gasteiger partial charge in [-0.25, -0.2) is 0 Å². The lowest BCUT2D eigenvalue weighted by Crippen LogP contribution is -2.39. The molecule has 1 rings (SSSR count). The maximum Gasteiger partial charge on any atom is 0.232 e. The third kappa shape index (κ3) is 6.70. The maximum absolute atomic E-state index is 12.1. The van der Waals surface area contributed by atoms with Crippen molar-refractivity contribution in [3.63, 3.8) is 0 Å². The van der Waals surface area contributed by atoms with Gasteiger partial charge in [0.1, 0.15) is 0 Å². The quantitative estimate of drug-likeness (QED) is 0.731. The molecule has 0 saturated heterocycles. The minimum atomic E-state index is 0.0865. The third-order valence-corrected chi connectivity index (χ3v) is 4.99. The van der Waals surface area contributed by atoms with E-state index in [1.807, 2.05) is 19.0 Å². The average molecular weight is 315 g/mol. The van der Waals surface area contributed by atoms with Crippen molar-refractivity contribution in [1.82, 2.24) is 15.1 Å². The van der Waals surface area contributed by atoms with Crippen molar-refractivity contribution in [2.24, 2.45) is 0 Å². The number of amides is 2. The zero-order chi connectivity index (χ0) is 15.7. The molecule has 2 amide bonds. The fourth-order valence-electron chi connectivity index (χ4n) is 2.51. The van der Waals surface area contributed by atoms with E-state index < -0.39 is 0 Å². The Labute approximate surface area is 132 Å². The molecule has 5 nitrogen and oxygen atoms in total. The second-order valence-corrected chi connectivity index (χ2v) is 6.69. The van der Waals surface area contributed by atoms with Crippen LogP contribution in [0.15, 0.2) is 0 Å². The Kier molecular flexibility index (Phi) is 8.76. The van der Waals surface area contributed by atoms with Gasteiger partial charge in [0.2, 0.25) is 11.8 Å². The first-order chi connectivity index (χ1) is 10.1.